The second-order valence-electron chi connectivity index (χ2n) is 10.5. The minimum atomic E-state index is -0.865. The highest BCUT2D eigenvalue weighted by molar-refractivity contribution is 5.97. The summed E-state index contributed by atoms with van der Waals surface area (Å²) in [6.45, 7) is 5.96. The summed E-state index contributed by atoms with van der Waals surface area (Å²) < 4.78 is 10.1. The molecule has 3 N–H and O–H groups in total. The molecule has 5 rings (SSSR count). The van der Waals surface area contributed by atoms with Gasteiger partial charge in [0.05, 0.1) is 13.2 Å². The minimum Gasteiger partial charge on any atom is -0.467 e. The third-order valence-corrected chi connectivity index (χ3v) is 7.83. The summed E-state index contributed by atoms with van der Waals surface area (Å²) >= 11 is 0. The van der Waals surface area contributed by atoms with Gasteiger partial charge in [-0.1, -0.05) is 48.6 Å². The predicted octanol–water partition coefficient (Wildman–Crippen LogP) is 4.05. The zero-order valence-electron chi connectivity index (χ0n) is 23.7. The fourth-order valence-corrected chi connectivity index (χ4v) is 5.82. The number of H-pyrrole nitrogens is 1. The molecule has 1 aromatic heterocycles. The zero-order valence-corrected chi connectivity index (χ0v) is 23.7. The molecule has 0 spiro atoms. The predicted molar refractivity (Wildman–Crippen MR) is 157 cm³/mol. The van der Waals surface area contributed by atoms with Crippen LogP contribution in [0.1, 0.15) is 35.7 Å². The van der Waals surface area contributed by atoms with E-state index in [1.165, 1.54) is 18.1 Å². The Morgan fingerprint density at radius 3 is 2.64 bits per heavy atom. The quantitative estimate of drug-likeness (QED) is 0.212. The molecule has 11 nitrogen and oxygen atoms in total. The molecule has 2 aliphatic rings. The third-order valence-electron chi connectivity index (χ3n) is 7.83. The number of rotatable bonds is 8. The number of carbonyl (C=O) groups excluding carboxylic acids is 4. The van der Waals surface area contributed by atoms with Crippen molar-refractivity contribution >= 4 is 40.6 Å². The highest BCUT2D eigenvalue weighted by Gasteiger charge is 2.51. The number of anilines is 1. The number of alkyl carbamates (subject to hydrolysis) is 1. The number of esters is 1. The van der Waals surface area contributed by atoms with Gasteiger partial charge in [0.15, 0.2) is 0 Å². The van der Waals surface area contributed by atoms with Gasteiger partial charge in [-0.05, 0) is 43.5 Å². The number of aromatic nitrogens is 1. The molecule has 0 bridgehead atoms. The number of ether oxygens (including phenoxy) is 2. The lowest BCUT2D eigenvalue weighted by Gasteiger charge is -2.49. The van der Waals surface area contributed by atoms with E-state index in [1.54, 1.807) is 4.90 Å². The Balaban J connectivity index is 1.46. The van der Waals surface area contributed by atoms with Crippen LogP contribution in [0.15, 0.2) is 61.2 Å². The number of benzene rings is 2. The van der Waals surface area contributed by atoms with Crippen LogP contribution in [0.4, 0.5) is 15.3 Å². The van der Waals surface area contributed by atoms with Gasteiger partial charge in [0.2, 0.25) is 5.91 Å². The lowest BCUT2D eigenvalue weighted by molar-refractivity contribution is -0.162. The number of carbonyl (C=O) groups is 4. The van der Waals surface area contributed by atoms with Crippen molar-refractivity contribution in [2.75, 3.05) is 32.1 Å². The molecular formula is C31H35N5O6. The van der Waals surface area contributed by atoms with Crippen LogP contribution >= 0.6 is 0 Å². The van der Waals surface area contributed by atoms with Crippen molar-refractivity contribution in [3.63, 3.8) is 0 Å². The van der Waals surface area contributed by atoms with Crippen LogP contribution in [0.25, 0.3) is 10.9 Å². The highest BCUT2D eigenvalue weighted by atomic mass is 16.5. The summed E-state index contributed by atoms with van der Waals surface area (Å²) in [6, 6.07) is 12.5. The molecule has 3 atom stereocenters. The Labute approximate surface area is 243 Å². The minimum absolute atomic E-state index is 0.0842. The Kier molecular flexibility index (Phi) is 8.46. The number of hydrogen-bond donors (Lipinski definition) is 3. The molecule has 0 saturated carbocycles. The number of nitrogens with one attached hydrogen (secondary N) is 3. The van der Waals surface area contributed by atoms with E-state index in [4.69, 9.17) is 9.47 Å². The lowest BCUT2D eigenvalue weighted by atomic mass is 9.87. The van der Waals surface area contributed by atoms with E-state index in [1.807, 2.05) is 55.5 Å². The van der Waals surface area contributed by atoms with Crippen molar-refractivity contribution in [1.29, 1.82) is 0 Å². The number of hydrogen-bond acceptors (Lipinski definition) is 6. The van der Waals surface area contributed by atoms with Crippen molar-refractivity contribution in [2.45, 2.75) is 44.3 Å². The van der Waals surface area contributed by atoms with Crippen LogP contribution in [0.2, 0.25) is 0 Å². The van der Waals surface area contributed by atoms with E-state index in [9.17, 15) is 19.2 Å². The number of para-hydroxylation sites is 1. The summed E-state index contributed by atoms with van der Waals surface area (Å²) in [5.74, 6) is -0.855. The Bertz CT molecular complexity index is 1500. The molecule has 220 valence electrons. The van der Waals surface area contributed by atoms with E-state index in [-0.39, 0.29) is 32.0 Å². The molecule has 3 heterocycles. The monoisotopic (exact) mass is 573 g/mol. The molecule has 0 radical (unpaired) electrons. The third kappa shape index (κ3) is 5.67. The van der Waals surface area contributed by atoms with Crippen molar-refractivity contribution in [2.24, 2.45) is 0 Å². The summed E-state index contributed by atoms with van der Waals surface area (Å²) in [5, 5.41) is 6.55. The van der Waals surface area contributed by atoms with Crippen molar-refractivity contribution in [1.82, 2.24) is 20.1 Å². The number of urea groups is 1. The maximum Gasteiger partial charge on any atom is 0.407 e. The maximum absolute atomic E-state index is 14.3. The van der Waals surface area contributed by atoms with Crippen LogP contribution in [0.3, 0.4) is 0 Å². The number of amides is 4. The fourth-order valence-electron chi connectivity index (χ4n) is 5.82. The van der Waals surface area contributed by atoms with Crippen LogP contribution < -0.4 is 10.6 Å². The number of piperazine rings is 1. The molecule has 0 aliphatic carbocycles. The number of aryl methyl sites for hydroxylation is 1. The van der Waals surface area contributed by atoms with Crippen LogP contribution in [-0.4, -0.2) is 77.7 Å². The first kappa shape index (κ1) is 28.7. The Morgan fingerprint density at radius 2 is 1.90 bits per heavy atom. The molecule has 42 heavy (non-hydrogen) atoms. The van der Waals surface area contributed by atoms with E-state index in [2.05, 4.69) is 22.2 Å². The van der Waals surface area contributed by atoms with Gasteiger partial charge in [-0.15, -0.1) is 0 Å². The second kappa shape index (κ2) is 12.4. The van der Waals surface area contributed by atoms with Gasteiger partial charge >= 0.3 is 18.1 Å². The number of nitrogens with zero attached hydrogens (tertiary/aromatic N) is 2. The first-order valence-corrected chi connectivity index (χ1v) is 14.0. The topological polar surface area (TPSA) is 133 Å². The second-order valence-corrected chi connectivity index (χ2v) is 10.5. The Morgan fingerprint density at radius 1 is 1.14 bits per heavy atom. The standard InChI is InChI=1S/C31H35N5O6/c1-4-16-42-31(40)32-15-7-10-24-28(37)36-25(29(38)41-3)17-22-21-8-5-6-9-23(21)34-27(22)26(36)18-35(24)30(39)33-20-13-11-19(2)12-14-20/h4-6,8-9,11-14,24-26,34H,1,7,10,15-18H2,2-3H3,(H,32,40)(H,33,39)/t24-,25-,26-/m0/s1. The molecular weight excluding hydrogens is 538 g/mol. The van der Waals surface area contributed by atoms with Crippen LogP contribution in [0.5, 0.6) is 0 Å². The van der Waals surface area contributed by atoms with Crippen LogP contribution in [-0.2, 0) is 25.5 Å². The van der Waals surface area contributed by atoms with E-state index in [0.29, 0.717) is 18.5 Å². The van der Waals surface area contributed by atoms with Crippen molar-refractivity contribution in [3.05, 3.63) is 78.0 Å². The smallest absolute Gasteiger partial charge is 0.407 e. The van der Waals surface area contributed by atoms with Gasteiger partial charge in [-0.3, -0.25) is 4.79 Å². The van der Waals surface area contributed by atoms with E-state index < -0.39 is 36.2 Å². The molecule has 2 aromatic carbocycles. The van der Waals surface area contributed by atoms with Crippen molar-refractivity contribution in [3.8, 4) is 0 Å². The van der Waals surface area contributed by atoms with Gasteiger partial charge in [-0.2, -0.15) is 0 Å². The fraction of sp³-hybridized carbons (Fsp3) is 0.355. The van der Waals surface area contributed by atoms with Gasteiger partial charge in [-0.25, -0.2) is 14.4 Å². The van der Waals surface area contributed by atoms with Crippen LogP contribution in [0, 0.1) is 6.92 Å². The van der Waals surface area contributed by atoms with Crippen molar-refractivity contribution < 1.29 is 28.7 Å². The van der Waals surface area contributed by atoms with Gasteiger partial charge < -0.3 is 34.9 Å². The highest BCUT2D eigenvalue weighted by Crippen LogP contribution is 2.41. The molecule has 3 aromatic rings. The van der Waals surface area contributed by atoms with Gasteiger partial charge in [0, 0.05) is 41.8 Å². The molecule has 1 fully saturated rings. The largest absolute Gasteiger partial charge is 0.467 e. The normalized spacial score (nSPS) is 19.5. The molecule has 1 saturated heterocycles. The summed E-state index contributed by atoms with van der Waals surface area (Å²) in [6.07, 6.45) is 1.83. The molecule has 4 amide bonds. The number of fused-ring (bicyclic) bond motifs is 5. The molecule has 11 heteroatoms. The number of aromatic amines is 1. The first-order chi connectivity index (χ1) is 20.3. The first-order valence-electron chi connectivity index (χ1n) is 14.0. The van der Waals surface area contributed by atoms with Gasteiger partial charge in [0.1, 0.15) is 18.7 Å². The SMILES string of the molecule is C=CCOC(=O)NCCC[C@H]1C(=O)N2[C@H](C(=O)OC)Cc3c([nH]c4ccccc34)[C@@H]2CN1C(=O)Nc1ccc(C)cc1. The summed E-state index contributed by atoms with van der Waals surface area (Å²) in [7, 11) is 1.31. The van der Waals surface area contributed by atoms with E-state index >= 15 is 0 Å². The summed E-state index contributed by atoms with van der Waals surface area (Å²) in [4.78, 5) is 59.5. The zero-order chi connectivity index (χ0) is 29.8. The van der Waals surface area contributed by atoms with Gasteiger partial charge in [0.25, 0.3) is 0 Å². The summed E-state index contributed by atoms with van der Waals surface area (Å²) in [5.41, 5.74) is 4.30. The Hall–Kier alpha value is -4.80. The number of methoxy groups -OCH3 is 1. The van der Waals surface area contributed by atoms with E-state index in [0.717, 1.165) is 27.7 Å². The average molecular weight is 574 g/mol. The maximum atomic E-state index is 14.3. The molecule has 2 aliphatic heterocycles. The molecule has 0 unspecified atom stereocenters. The average Bonchev–Trinajstić information content (AvgIpc) is 3.38. The lowest BCUT2D eigenvalue weighted by Crippen LogP contribution is -2.65.